The third-order valence-corrected chi connectivity index (χ3v) is 3.51. The van der Waals surface area contributed by atoms with Crippen molar-refractivity contribution in [2.75, 3.05) is 20.1 Å². The second kappa shape index (κ2) is 6.97. The lowest BCUT2D eigenvalue weighted by Crippen LogP contribution is -2.39. The van der Waals surface area contributed by atoms with Gasteiger partial charge in [-0.1, -0.05) is 18.2 Å². The fraction of sp³-hybridized carbons (Fsp3) is 0.400. The lowest BCUT2D eigenvalue weighted by atomic mass is 10.2. The number of benzene rings is 1. The predicted octanol–water partition coefficient (Wildman–Crippen LogP) is 3.22. The van der Waals surface area contributed by atoms with Gasteiger partial charge in [-0.15, -0.1) is 24.0 Å². The highest BCUT2D eigenvalue weighted by Gasteiger charge is 2.15. The molecule has 0 aliphatic carbocycles. The quantitative estimate of drug-likeness (QED) is 0.490. The number of rotatable bonds is 2. The number of likely N-dealkylation sites (tertiary alicyclic amines) is 1. The van der Waals surface area contributed by atoms with Gasteiger partial charge in [0.15, 0.2) is 5.96 Å². The van der Waals surface area contributed by atoms with Gasteiger partial charge in [0.25, 0.3) is 0 Å². The average Bonchev–Trinajstić information content (AvgIpc) is 3.08. The third kappa shape index (κ3) is 3.26. The molecule has 4 nitrogen and oxygen atoms in total. The van der Waals surface area contributed by atoms with E-state index in [1.165, 1.54) is 12.8 Å². The summed E-state index contributed by atoms with van der Waals surface area (Å²) in [5.74, 6) is 1.92. The number of guanidine groups is 1. The highest BCUT2D eigenvalue weighted by Crippen LogP contribution is 2.18. The predicted molar refractivity (Wildman–Crippen MR) is 92.6 cm³/mol. The monoisotopic (exact) mass is 385 g/mol. The van der Waals surface area contributed by atoms with Gasteiger partial charge in [-0.3, -0.25) is 4.99 Å². The molecule has 0 amide bonds. The van der Waals surface area contributed by atoms with Gasteiger partial charge in [-0.2, -0.15) is 0 Å². The van der Waals surface area contributed by atoms with Crippen LogP contribution in [0.25, 0.3) is 11.0 Å². The lowest BCUT2D eigenvalue weighted by molar-refractivity contribution is 0.479. The van der Waals surface area contributed by atoms with E-state index in [9.17, 15) is 0 Å². The molecular weight excluding hydrogens is 365 g/mol. The second-order valence-electron chi connectivity index (χ2n) is 4.85. The zero-order valence-electron chi connectivity index (χ0n) is 11.6. The first-order valence-electron chi connectivity index (χ1n) is 6.80. The number of hydrogen-bond donors (Lipinski definition) is 1. The molecule has 1 saturated heterocycles. The third-order valence-electron chi connectivity index (χ3n) is 3.51. The number of fused-ring (bicyclic) bond motifs is 1. The molecule has 1 aromatic carbocycles. The summed E-state index contributed by atoms with van der Waals surface area (Å²) >= 11 is 0. The molecule has 1 N–H and O–H groups in total. The summed E-state index contributed by atoms with van der Waals surface area (Å²) in [6.45, 7) is 2.87. The topological polar surface area (TPSA) is 40.8 Å². The zero-order valence-corrected chi connectivity index (χ0v) is 14.0. The van der Waals surface area contributed by atoms with Gasteiger partial charge in [-0.25, -0.2) is 0 Å². The van der Waals surface area contributed by atoms with Gasteiger partial charge < -0.3 is 14.6 Å². The van der Waals surface area contributed by atoms with Crippen LogP contribution in [0, 0.1) is 0 Å². The van der Waals surface area contributed by atoms with Crippen molar-refractivity contribution in [1.29, 1.82) is 0 Å². The first kappa shape index (κ1) is 15.2. The Morgan fingerprint density at radius 2 is 2.05 bits per heavy atom. The molecule has 0 spiro atoms. The number of para-hydroxylation sites is 1. The Morgan fingerprint density at radius 3 is 2.75 bits per heavy atom. The molecule has 0 radical (unpaired) electrons. The minimum atomic E-state index is 0. The van der Waals surface area contributed by atoms with E-state index < -0.39 is 0 Å². The Morgan fingerprint density at radius 1 is 1.30 bits per heavy atom. The number of aliphatic imine (C=N–C) groups is 1. The molecule has 1 aliphatic heterocycles. The summed E-state index contributed by atoms with van der Waals surface area (Å²) in [7, 11) is 1.83. The van der Waals surface area contributed by atoms with E-state index in [1.54, 1.807) is 0 Å². The Balaban J connectivity index is 0.00000147. The van der Waals surface area contributed by atoms with E-state index in [-0.39, 0.29) is 24.0 Å². The van der Waals surface area contributed by atoms with Crippen molar-refractivity contribution in [2.45, 2.75) is 19.4 Å². The second-order valence-corrected chi connectivity index (χ2v) is 4.85. The highest BCUT2D eigenvalue weighted by atomic mass is 127. The Labute approximate surface area is 136 Å². The Hall–Kier alpha value is -1.24. The number of halogens is 1. The smallest absolute Gasteiger partial charge is 0.194 e. The van der Waals surface area contributed by atoms with Crippen molar-refractivity contribution in [1.82, 2.24) is 10.2 Å². The summed E-state index contributed by atoms with van der Waals surface area (Å²) < 4.78 is 5.79. The normalized spacial score (nSPS) is 15.4. The van der Waals surface area contributed by atoms with Crippen LogP contribution in [-0.2, 0) is 6.54 Å². The molecule has 2 aromatic rings. The number of nitrogens with zero attached hydrogens (tertiary/aromatic N) is 2. The molecule has 0 saturated carbocycles. The molecule has 0 atom stereocenters. The van der Waals surface area contributed by atoms with Crippen LogP contribution in [0.2, 0.25) is 0 Å². The number of nitrogens with one attached hydrogen (secondary N) is 1. The molecule has 1 fully saturated rings. The minimum Gasteiger partial charge on any atom is -0.459 e. The molecule has 5 heteroatoms. The molecule has 108 valence electrons. The summed E-state index contributed by atoms with van der Waals surface area (Å²) in [5, 5.41) is 4.52. The maximum absolute atomic E-state index is 5.79. The first-order chi connectivity index (χ1) is 9.36. The van der Waals surface area contributed by atoms with E-state index in [0.717, 1.165) is 35.8 Å². The number of furan rings is 1. The van der Waals surface area contributed by atoms with Crippen molar-refractivity contribution in [3.8, 4) is 0 Å². The summed E-state index contributed by atoms with van der Waals surface area (Å²) in [6.07, 6.45) is 2.51. The maximum Gasteiger partial charge on any atom is 0.194 e. The Bertz CT molecular complexity index is 555. The molecule has 0 unspecified atom stereocenters. The van der Waals surface area contributed by atoms with Crippen molar-refractivity contribution < 1.29 is 4.42 Å². The SMILES string of the molecule is CN=C(NCc1cc2ccccc2o1)N1CCCC1.I. The molecule has 1 aromatic heterocycles. The van der Waals surface area contributed by atoms with Crippen LogP contribution in [0.3, 0.4) is 0 Å². The van der Waals surface area contributed by atoms with Crippen molar-refractivity contribution in [3.63, 3.8) is 0 Å². The van der Waals surface area contributed by atoms with Crippen LogP contribution in [0.5, 0.6) is 0 Å². The van der Waals surface area contributed by atoms with E-state index in [1.807, 2.05) is 25.2 Å². The van der Waals surface area contributed by atoms with Gasteiger partial charge >= 0.3 is 0 Å². The van der Waals surface area contributed by atoms with Gasteiger partial charge in [0.1, 0.15) is 11.3 Å². The van der Waals surface area contributed by atoms with E-state index in [0.29, 0.717) is 6.54 Å². The fourth-order valence-electron chi connectivity index (χ4n) is 2.55. The zero-order chi connectivity index (χ0) is 13.1. The van der Waals surface area contributed by atoms with Crippen LogP contribution in [0.1, 0.15) is 18.6 Å². The van der Waals surface area contributed by atoms with Gasteiger partial charge in [0.2, 0.25) is 0 Å². The Kier molecular flexibility index (Phi) is 5.28. The molecule has 20 heavy (non-hydrogen) atoms. The standard InChI is InChI=1S/C15H19N3O.HI/c1-16-15(18-8-4-5-9-18)17-11-13-10-12-6-2-3-7-14(12)19-13;/h2-3,6-7,10H,4-5,8-9,11H2,1H3,(H,16,17);1H. The van der Waals surface area contributed by atoms with E-state index in [4.69, 9.17) is 4.42 Å². The molecule has 2 heterocycles. The summed E-state index contributed by atoms with van der Waals surface area (Å²) in [4.78, 5) is 6.62. The van der Waals surface area contributed by atoms with Gasteiger partial charge in [-0.05, 0) is 25.0 Å². The summed E-state index contributed by atoms with van der Waals surface area (Å²) in [5.41, 5.74) is 0.940. The van der Waals surface area contributed by atoms with Crippen LogP contribution >= 0.6 is 24.0 Å². The number of hydrogen-bond acceptors (Lipinski definition) is 2. The summed E-state index contributed by atoms with van der Waals surface area (Å²) in [6, 6.07) is 10.2. The largest absolute Gasteiger partial charge is 0.459 e. The molecule has 0 bridgehead atoms. The van der Waals surface area contributed by atoms with Crippen LogP contribution in [0.15, 0.2) is 39.7 Å². The van der Waals surface area contributed by atoms with Crippen molar-refractivity contribution in [2.24, 2.45) is 4.99 Å². The average molecular weight is 385 g/mol. The minimum absolute atomic E-state index is 0. The van der Waals surface area contributed by atoms with Gasteiger partial charge in [0.05, 0.1) is 6.54 Å². The van der Waals surface area contributed by atoms with Crippen molar-refractivity contribution >= 4 is 40.9 Å². The van der Waals surface area contributed by atoms with Crippen LogP contribution < -0.4 is 5.32 Å². The maximum atomic E-state index is 5.79. The lowest BCUT2D eigenvalue weighted by Gasteiger charge is -2.20. The van der Waals surface area contributed by atoms with Crippen LogP contribution in [0.4, 0.5) is 0 Å². The van der Waals surface area contributed by atoms with E-state index in [2.05, 4.69) is 27.3 Å². The van der Waals surface area contributed by atoms with Crippen LogP contribution in [-0.4, -0.2) is 31.0 Å². The molecule has 1 aliphatic rings. The fourth-order valence-corrected chi connectivity index (χ4v) is 2.55. The van der Waals surface area contributed by atoms with E-state index >= 15 is 0 Å². The molecule has 3 rings (SSSR count). The van der Waals surface area contributed by atoms with Crippen molar-refractivity contribution in [3.05, 3.63) is 36.1 Å². The highest BCUT2D eigenvalue weighted by molar-refractivity contribution is 14.0. The molecular formula is C15H20IN3O. The van der Waals surface area contributed by atoms with Gasteiger partial charge in [0, 0.05) is 25.5 Å². The first-order valence-corrected chi connectivity index (χ1v) is 6.80.